The van der Waals surface area contributed by atoms with Crippen molar-refractivity contribution in [3.05, 3.63) is 53.8 Å². The van der Waals surface area contributed by atoms with Crippen molar-refractivity contribution in [3.63, 3.8) is 0 Å². The molecule has 1 N–H and O–H groups in total. The van der Waals surface area contributed by atoms with E-state index in [-0.39, 0.29) is 11.7 Å². The maximum atomic E-state index is 12.4. The third-order valence-corrected chi connectivity index (χ3v) is 4.87. The smallest absolute Gasteiger partial charge is 0.234 e. The van der Waals surface area contributed by atoms with Gasteiger partial charge in [0.25, 0.3) is 0 Å². The van der Waals surface area contributed by atoms with Crippen LogP contribution < -0.4 is 14.8 Å². The Balaban J connectivity index is 1.69. The summed E-state index contributed by atoms with van der Waals surface area (Å²) >= 11 is 7.36. The number of nitrogens with zero attached hydrogens (tertiary/aromatic N) is 3. The van der Waals surface area contributed by atoms with Gasteiger partial charge in [-0.2, -0.15) is 0 Å². The largest absolute Gasteiger partial charge is 0.495 e. The minimum absolute atomic E-state index is 0.152. The van der Waals surface area contributed by atoms with Crippen LogP contribution in [0, 0.1) is 0 Å². The lowest BCUT2D eigenvalue weighted by molar-refractivity contribution is -0.113. The summed E-state index contributed by atoms with van der Waals surface area (Å²) in [4.78, 5) is 12.4. The van der Waals surface area contributed by atoms with Crippen LogP contribution in [0.25, 0.3) is 5.69 Å². The SMILES string of the molecule is COc1cc(NC(=O)CSc2nncn2-c2ccccc2)c(OC)cc1Cl. The Labute approximate surface area is 165 Å². The molecule has 0 saturated heterocycles. The second kappa shape index (κ2) is 8.79. The first-order chi connectivity index (χ1) is 13.1. The Morgan fingerprint density at radius 3 is 2.63 bits per heavy atom. The third-order valence-electron chi connectivity index (χ3n) is 3.63. The zero-order chi connectivity index (χ0) is 19.2. The van der Waals surface area contributed by atoms with E-state index in [1.54, 1.807) is 18.5 Å². The molecule has 9 heteroatoms. The van der Waals surface area contributed by atoms with Gasteiger partial charge in [0, 0.05) is 17.8 Å². The Morgan fingerprint density at radius 1 is 1.19 bits per heavy atom. The Kier molecular flexibility index (Phi) is 6.20. The maximum absolute atomic E-state index is 12.4. The van der Waals surface area contributed by atoms with Crippen LogP contribution in [0.4, 0.5) is 5.69 Å². The fourth-order valence-corrected chi connectivity index (χ4v) is 3.32. The molecule has 27 heavy (non-hydrogen) atoms. The van der Waals surface area contributed by atoms with Crippen molar-refractivity contribution in [1.29, 1.82) is 0 Å². The second-order valence-electron chi connectivity index (χ2n) is 5.34. The van der Waals surface area contributed by atoms with Gasteiger partial charge >= 0.3 is 0 Å². The molecule has 7 nitrogen and oxygen atoms in total. The summed E-state index contributed by atoms with van der Waals surface area (Å²) in [6.07, 6.45) is 1.61. The average molecular weight is 405 g/mol. The van der Waals surface area contributed by atoms with E-state index < -0.39 is 0 Å². The first-order valence-electron chi connectivity index (χ1n) is 7.92. The summed E-state index contributed by atoms with van der Waals surface area (Å²) in [6.45, 7) is 0. The van der Waals surface area contributed by atoms with Gasteiger partial charge in [-0.1, -0.05) is 41.6 Å². The number of halogens is 1. The molecule has 1 amide bonds. The van der Waals surface area contributed by atoms with E-state index in [4.69, 9.17) is 21.1 Å². The molecular formula is C18H17ClN4O3S. The van der Waals surface area contributed by atoms with Crippen LogP contribution in [0.15, 0.2) is 53.9 Å². The minimum atomic E-state index is -0.217. The molecule has 0 aliphatic carbocycles. The number of amides is 1. The number of hydrogen-bond donors (Lipinski definition) is 1. The maximum Gasteiger partial charge on any atom is 0.234 e. The van der Waals surface area contributed by atoms with E-state index in [1.807, 2.05) is 34.9 Å². The monoisotopic (exact) mass is 404 g/mol. The summed E-state index contributed by atoms with van der Waals surface area (Å²) in [7, 11) is 3.01. The molecule has 1 heterocycles. The second-order valence-corrected chi connectivity index (χ2v) is 6.69. The molecule has 3 rings (SSSR count). The first-order valence-corrected chi connectivity index (χ1v) is 9.28. The zero-order valence-corrected chi connectivity index (χ0v) is 16.3. The van der Waals surface area contributed by atoms with Crippen LogP contribution in [0.1, 0.15) is 0 Å². The van der Waals surface area contributed by atoms with Gasteiger partial charge in [0.15, 0.2) is 5.16 Å². The zero-order valence-electron chi connectivity index (χ0n) is 14.7. The highest BCUT2D eigenvalue weighted by Gasteiger charge is 2.14. The standard InChI is InChI=1S/C18H17ClN4O3S/c1-25-15-9-14(16(26-2)8-13(15)19)21-17(24)10-27-18-22-20-11-23(18)12-6-4-3-5-7-12/h3-9,11H,10H2,1-2H3,(H,21,24). The molecule has 0 atom stereocenters. The molecule has 1 aromatic heterocycles. The molecule has 0 aliphatic heterocycles. The fraction of sp³-hybridized carbons (Fsp3) is 0.167. The molecule has 0 aliphatic rings. The number of nitrogens with one attached hydrogen (secondary N) is 1. The minimum Gasteiger partial charge on any atom is -0.495 e. The van der Waals surface area contributed by atoms with Crippen molar-refractivity contribution >= 4 is 35.0 Å². The van der Waals surface area contributed by atoms with E-state index in [0.717, 1.165) is 5.69 Å². The highest BCUT2D eigenvalue weighted by molar-refractivity contribution is 7.99. The summed E-state index contributed by atoms with van der Waals surface area (Å²) in [5, 5.41) is 11.8. The lowest BCUT2D eigenvalue weighted by atomic mass is 10.2. The number of rotatable bonds is 7. The number of thioether (sulfide) groups is 1. The lowest BCUT2D eigenvalue weighted by Crippen LogP contribution is -2.15. The number of aromatic nitrogens is 3. The van der Waals surface area contributed by atoms with Crippen LogP contribution in [0.3, 0.4) is 0 Å². The van der Waals surface area contributed by atoms with Gasteiger partial charge in [0.1, 0.15) is 17.8 Å². The average Bonchev–Trinajstić information content (AvgIpc) is 3.16. The number of carbonyl (C=O) groups is 1. The fourth-order valence-electron chi connectivity index (χ4n) is 2.36. The van der Waals surface area contributed by atoms with E-state index in [0.29, 0.717) is 27.4 Å². The molecule has 0 unspecified atom stereocenters. The molecule has 0 spiro atoms. The van der Waals surface area contributed by atoms with Gasteiger partial charge in [-0.15, -0.1) is 10.2 Å². The molecule has 0 bridgehead atoms. The van der Waals surface area contributed by atoms with Gasteiger partial charge in [-0.05, 0) is 12.1 Å². The Bertz CT molecular complexity index is 934. The van der Waals surface area contributed by atoms with Crippen LogP contribution in [-0.2, 0) is 4.79 Å². The van der Waals surface area contributed by atoms with Crippen molar-refractivity contribution in [2.45, 2.75) is 5.16 Å². The van der Waals surface area contributed by atoms with Crippen molar-refractivity contribution in [2.75, 3.05) is 25.3 Å². The number of carbonyl (C=O) groups excluding carboxylic acids is 1. The molecule has 140 valence electrons. The summed E-state index contributed by atoms with van der Waals surface area (Å²) in [5.74, 6) is 0.834. The van der Waals surface area contributed by atoms with Crippen molar-refractivity contribution < 1.29 is 14.3 Å². The predicted molar refractivity (Wildman–Crippen MR) is 105 cm³/mol. The van der Waals surface area contributed by atoms with Crippen molar-refractivity contribution in [3.8, 4) is 17.2 Å². The molecular weight excluding hydrogens is 388 g/mol. The molecule has 0 fully saturated rings. The number of hydrogen-bond acceptors (Lipinski definition) is 6. The van der Waals surface area contributed by atoms with Crippen molar-refractivity contribution in [1.82, 2.24) is 14.8 Å². The quantitative estimate of drug-likeness (QED) is 0.605. The predicted octanol–water partition coefficient (Wildman–Crippen LogP) is 3.67. The number of anilines is 1. The van der Waals surface area contributed by atoms with Crippen LogP contribution in [0.2, 0.25) is 5.02 Å². The van der Waals surface area contributed by atoms with Crippen LogP contribution in [-0.4, -0.2) is 40.6 Å². The number of benzene rings is 2. The number of ether oxygens (including phenoxy) is 2. The Hall–Kier alpha value is -2.71. The van der Waals surface area contributed by atoms with Crippen molar-refractivity contribution in [2.24, 2.45) is 0 Å². The third kappa shape index (κ3) is 4.53. The van der Waals surface area contributed by atoms with Gasteiger partial charge in [-0.3, -0.25) is 9.36 Å². The van der Waals surface area contributed by atoms with E-state index in [9.17, 15) is 4.79 Å². The molecule has 3 aromatic rings. The molecule has 2 aromatic carbocycles. The van der Waals surface area contributed by atoms with Crippen LogP contribution >= 0.6 is 23.4 Å². The molecule has 0 saturated carbocycles. The number of methoxy groups -OCH3 is 2. The van der Waals surface area contributed by atoms with Crippen LogP contribution in [0.5, 0.6) is 11.5 Å². The van der Waals surface area contributed by atoms with E-state index in [1.165, 1.54) is 26.0 Å². The lowest BCUT2D eigenvalue weighted by Gasteiger charge is -2.13. The number of para-hydroxylation sites is 1. The topological polar surface area (TPSA) is 78.3 Å². The van der Waals surface area contributed by atoms with E-state index >= 15 is 0 Å². The highest BCUT2D eigenvalue weighted by atomic mass is 35.5. The van der Waals surface area contributed by atoms with Gasteiger partial charge in [-0.25, -0.2) is 0 Å². The summed E-state index contributed by atoms with van der Waals surface area (Å²) in [6, 6.07) is 12.9. The first kappa shape index (κ1) is 19.1. The Morgan fingerprint density at radius 2 is 1.93 bits per heavy atom. The summed E-state index contributed by atoms with van der Waals surface area (Å²) in [5.41, 5.74) is 1.41. The van der Waals surface area contributed by atoms with Gasteiger partial charge < -0.3 is 14.8 Å². The normalized spacial score (nSPS) is 10.5. The highest BCUT2D eigenvalue weighted by Crippen LogP contribution is 2.36. The van der Waals surface area contributed by atoms with Gasteiger partial charge in [0.05, 0.1) is 30.7 Å². The van der Waals surface area contributed by atoms with E-state index in [2.05, 4.69) is 15.5 Å². The molecule has 0 radical (unpaired) electrons. The summed E-state index contributed by atoms with van der Waals surface area (Å²) < 4.78 is 12.3. The van der Waals surface area contributed by atoms with Gasteiger partial charge in [0.2, 0.25) is 5.91 Å².